The summed E-state index contributed by atoms with van der Waals surface area (Å²) in [5, 5.41) is 83.0. The van der Waals surface area contributed by atoms with Crippen LogP contribution in [0.15, 0.2) is 43.0 Å². The number of carboxylic acids is 3. The maximum Gasteiger partial charge on any atom is 0.317 e. The van der Waals surface area contributed by atoms with Crippen molar-refractivity contribution in [1.82, 2.24) is 87.7 Å². The lowest BCUT2D eigenvalue weighted by Crippen LogP contribution is -2.63. The third kappa shape index (κ3) is 31.4. The van der Waals surface area contributed by atoms with E-state index in [1.54, 1.807) is 46.6 Å². The Morgan fingerprint density at radius 3 is 1.82 bits per heavy atom. The van der Waals surface area contributed by atoms with E-state index in [2.05, 4.69) is 88.9 Å². The van der Waals surface area contributed by atoms with Crippen LogP contribution >= 0.6 is 11.8 Å². The highest BCUT2D eigenvalue weighted by Crippen LogP contribution is 2.68. The second-order valence-electron chi connectivity index (χ2n) is 37.2. The number of fused-ring (bicyclic) bond motifs is 6. The lowest BCUT2D eigenvalue weighted by molar-refractivity contribution is -0.202. The molecule has 41 heteroatoms. The molecule has 19 atom stereocenters. The molecule has 1 aliphatic heterocycles. The molecule has 4 aliphatic carbocycles. The summed E-state index contributed by atoms with van der Waals surface area (Å²) in [5.41, 5.74) is 12.4. The normalized spacial score (nSPS) is 24.4. The van der Waals surface area contributed by atoms with E-state index in [0.717, 1.165) is 30.2 Å². The Balaban J connectivity index is 0.835. The lowest BCUT2D eigenvalue weighted by atomic mass is 9.43. The average Bonchev–Trinajstić information content (AvgIpc) is 1.57. The van der Waals surface area contributed by atoms with Gasteiger partial charge in [-0.15, -0.1) is 0 Å². The Hall–Kier alpha value is -9.46. The van der Waals surface area contributed by atoms with Crippen LogP contribution in [0.1, 0.15) is 157 Å². The van der Waals surface area contributed by atoms with E-state index in [4.69, 9.17) is 20.9 Å². The molecule has 726 valence electrons. The first-order valence-corrected chi connectivity index (χ1v) is 47.2. The van der Waals surface area contributed by atoms with Crippen LogP contribution < -0.4 is 64.6 Å². The van der Waals surface area contributed by atoms with E-state index < -0.39 is 168 Å². The number of hydrogen-bond donors (Lipinski definition) is 19. The minimum atomic E-state index is -1.30. The zero-order chi connectivity index (χ0) is 95.3. The summed E-state index contributed by atoms with van der Waals surface area (Å²) >= 11 is 1.46. The van der Waals surface area contributed by atoms with E-state index in [1.807, 2.05) is 44.4 Å². The van der Waals surface area contributed by atoms with Crippen molar-refractivity contribution in [3.63, 3.8) is 0 Å². The van der Waals surface area contributed by atoms with Crippen molar-refractivity contribution in [2.45, 2.75) is 225 Å². The summed E-state index contributed by atoms with van der Waals surface area (Å²) in [6.07, 6.45) is 10.1. The van der Waals surface area contributed by atoms with Gasteiger partial charge in [0, 0.05) is 113 Å². The van der Waals surface area contributed by atoms with Crippen LogP contribution in [0.2, 0.25) is 0 Å². The number of hydrogen-bond acceptors (Lipinski definition) is 25. The number of rotatable bonds is 50. The molecule has 40 nitrogen and oxygen atoms in total. The summed E-state index contributed by atoms with van der Waals surface area (Å²) in [6, 6.07) is -1.15. The fourth-order valence-electron chi connectivity index (χ4n) is 20.1. The molecule has 0 radical (unpaired) electrons. The molecule has 0 spiro atoms. The first-order chi connectivity index (χ1) is 61.7. The van der Waals surface area contributed by atoms with Gasteiger partial charge >= 0.3 is 17.9 Å². The van der Waals surface area contributed by atoms with Gasteiger partial charge in [0.05, 0.1) is 63.9 Å². The number of carboxylic acid groups (broad SMARTS) is 3. The monoisotopic (exact) mass is 1850 g/mol. The number of thioether (sulfide) groups is 1. The number of imidazole rings is 1. The molecule has 1 aromatic carbocycles. The Kier molecular flexibility index (Phi) is 41.5. The number of aliphatic hydroxyl groups is 2. The van der Waals surface area contributed by atoms with E-state index in [0.29, 0.717) is 62.1 Å². The topological polar surface area (TPSA) is 588 Å². The molecule has 3 aromatic rings. The summed E-state index contributed by atoms with van der Waals surface area (Å²) < 4.78 is 11.7. The molecule has 5 aliphatic rings. The molecule has 3 heterocycles. The zero-order valence-electron chi connectivity index (χ0n) is 76.9. The molecule has 5 fully saturated rings. The van der Waals surface area contributed by atoms with Crippen molar-refractivity contribution < 1.29 is 102 Å². The van der Waals surface area contributed by atoms with Gasteiger partial charge in [0.2, 0.25) is 65.0 Å². The molecule has 4 unspecified atom stereocenters. The van der Waals surface area contributed by atoms with Gasteiger partial charge in [-0.2, -0.15) is 11.8 Å². The predicted octanol–water partition coefficient (Wildman–Crippen LogP) is -0.642. The number of carbonyl (C=O) groups is 14. The number of benzene rings is 1. The van der Waals surface area contributed by atoms with Gasteiger partial charge in [-0.3, -0.25) is 86.7 Å². The van der Waals surface area contributed by atoms with Crippen LogP contribution in [0, 0.1) is 58.2 Å². The number of aromatic nitrogens is 3. The first kappa shape index (κ1) is 106. The number of ether oxygens (including phenoxy) is 2. The second kappa shape index (κ2) is 51.0. The molecule has 0 bridgehead atoms. The Morgan fingerprint density at radius 2 is 1.23 bits per heavy atom. The first-order valence-electron chi connectivity index (χ1n) is 45.8. The number of aliphatic hydroxyl groups excluding tert-OH is 2. The summed E-state index contributed by atoms with van der Waals surface area (Å²) in [4.78, 5) is 203. The molecular formula is C89H143N19O21S. The number of nitrogens with two attached hydrogens (primary N) is 2. The van der Waals surface area contributed by atoms with Crippen molar-refractivity contribution in [3.05, 3.63) is 54.2 Å². The molecule has 130 heavy (non-hydrogen) atoms. The Bertz CT molecular complexity index is 4250. The number of aromatic amines is 2. The smallest absolute Gasteiger partial charge is 0.317 e. The summed E-state index contributed by atoms with van der Waals surface area (Å²) in [5.74, 6) is -10.6. The van der Waals surface area contributed by atoms with Crippen LogP contribution in [0.4, 0.5) is 0 Å². The Labute approximate surface area is 764 Å². The molecule has 1 saturated heterocycles. The van der Waals surface area contributed by atoms with Crippen LogP contribution in [-0.4, -0.2) is 333 Å². The largest absolute Gasteiger partial charge is 0.480 e. The quantitative estimate of drug-likeness (QED) is 0.0247. The highest BCUT2D eigenvalue weighted by atomic mass is 32.2. The van der Waals surface area contributed by atoms with Gasteiger partial charge in [-0.1, -0.05) is 66.7 Å². The van der Waals surface area contributed by atoms with Crippen LogP contribution in [0.5, 0.6) is 0 Å². The molecule has 2 aromatic heterocycles. The number of nitrogens with one attached hydrogen (secondary N) is 12. The lowest BCUT2D eigenvalue weighted by Gasteiger charge is -2.63. The van der Waals surface area contributed by atoms with Crippen LogP contribution in [-0.2, 0) is 89.4 Å². The number of nitrogens with zero attached hydrogens (tertiary/aromatic N) is 5. The van der Waals surface area contributed by atoms with Crippen molar-refractivity contribution in [2.75, 3.05) is 123 Å². The van der Waals surface area contributed by atoms with E-state index in [9.17, 15) is 92.7 Å². The fourth-order valence-corrected chi connectivity index (χ4v) is 20.6. The van der Waals surface area contributed by atoms with Gasteiger partial charge in [0.1, 0.15) is 42.9 Å². The SMILES string of the molecule is CCOCC(NC(=O)CN1CCN(CC(=O)O)CCN(CC(=O)O)CCN(CC(=O)O)CC1)OCC(=O)N[C@H]1CC[C@]2(C)C3C[C@H](O)[C@@]4(C)C(CC[C@@H]4[C@H](C)CCCN[C@@H](CCC(N)=O)C(=O)N[C@@H](Cc4c[nH]c5ccccc45)C(=O)N[C@@H](C)C(=O)N[C@H](C(=O)NCC(=O)N[C@@H](Cc4cnc[nH]4)C(=O)N[C@@H](CC(C)C)C(=O)N[C@@H](CCSC)C(N)=O)C(C)C)C3[C@H](O)C[C@@H]2C1. The van der Waals surface area contributed by atoms with E-state index in [1.165, 1.54) is 31.2 Å². The van der Waals surface area contributed by atoms with Crippen LogP contribution in [0.3, 0.4) is 0 Å². The number of primary amides is 2. The molecular weight excluding hydrogens is 1700 g/mol. The van der Waals surface area contributed by atoms with E-state index >= 15 is 0 Å². The van der Waals surface area contributed by atoms with Gasteiger partial charge < -0.3 is 110 Å². The third-order valence-corrected chi connectivity index (χ3v) is 27.8. The van der Waals surface area contributed by atoms with E-state index in [-0.39, 0.29) is 183 Å². The molecule has 11 amide bonds. The van der Waals surface area contributed by atoms with Crippen molar-refractivity contribution in [3.8, 4) is 0 Å². The second-order valence-corrected chi connectivity index (χ2v) is 38.2. The zero-order valence-corrected chi connectivity index (χ0v) is 77.7. The van der Waals surface area contributed by atoms with Crippen LogP contribution in [0.25, 0.3) is 10.9 Å². The Morgan fingerprint density at radius 1 is 0.631 bits per heavy atom. The maximum absolute atomic E-state index is 14.7. The standard InChI is InChI=1S/C89H143N19O21S/c1-11-128-49-75(103-73(113)44-105-26-28-106(45-76(115)116)30-32-108(47-78(119)120)33-31-107(29-27-105)46-77(117)118)129-48-74(114)98-57-22-24-88(8)56(37-57)38-69(109)79-61-19-18-60(89(61,9)70(110)40-62(79)88)53(6)15-14-25-93-65(20-21-71(90)111)83(123)102-67(36-55-41-94-63-17-13-12-16-59(55)63)84(124)97-54(7)82(122)104-80(52(4)5)87(127)95-43-72(112)99-68(39-58-42-92-50-96-58)86(126)101-66(35-51(2)3)85(125)100-64(81(91)121)23-34-130-10/h12-13,16-17,41-42,50-54,56-57,60-62,64-70,75,79-80,93-94,109-110H,11,14-15,18-40,43-49H2,1-10H3,(H2,90,111)(H2,91,121)(H,92,96)(H,95,127)(H,97,124)(H,98,114)(H,99,112)(H,100,125)(H,101,126)(H,102,123)(H,103,113)(H,104,122)(H,115,116)(H,117,118)(H,119,120)/t53-,54+,56+,57+,60-,61?,62?,64+,65+,66+,67+,68+,69-,70+,75?,79?,80+,88+,89-/m1/s1. The summed E-state index contributed by atoms with van der Waals surface area (Å²) in [7, 11) is 0. The van der Waals surface area contributed by atoms with Crippen molar-refractivity contribution in [2.24, 2.45) is 69.6 Å². The highest BCUT2D eigenvalue weighted by molar-refractivity contribution is 7.98. The number of para-hydroxylation sites is 1. The maximum atomic E-state index is 14.7. The van der Waals surface area contributed by atoms with Gasteiger partial charge in [0.15, 0.2) is 6.23 Å². The third-order valence-electron chi connectivity index (χ3n) is 27.1. The minimum absolute atomic E-state index is 0.00637. The fraction of sp³-hybridized carbons (Fsp3) is 0.719. The number of aliphatic carboxylic acids is 3. The number of amides is 11. The molecule has 4 saturated carbocycles. The average molecular weight is 1850 g/mol. The van der Waals surface area contributed by atoms with Gasteiger partial charge in [-0.25, -0.2) is 4.98 Å². The van der Waals surface area contributed by atoms with Gasteiger partial charge in [-0.05, 0) is 179 Å². The predicted molar refractivity (Wildman–Crippen MR) is 483 cm³/mol. The van der Waals surface area contributed by atoms with Gasteiger partial charge in [0.25, 0.3) is 0 Å². The molecule has 8 rings (SSSR count). The highest BCUT2D eigenvalue weighted by Gasteiger charge is 2.66. The minimum Gasteiger partial charge on any atom is -0.480 e. The number of H-pyrrole nitrogens is 2. The molecule has 21 N–H and O–H groups in total. The summed E-state index contributed by atoms with van der Waals surface area (Å²) in [6.45, 7) is 16.9. The number of carbonyl (C=O) groups excluding carboxylic acids is 11. The van der Waals surface area contributed by atoms with Crippen molar-refractivity contribution in [1.29, 1.82) is 0 Å². The van der Waals surface area contributed by atoms with Crippen molar-refractivity contribution >= 4 is 106 Å².